The summed E-state index contributed by atoms with van der Waals surface area (Å²) >= 11 is 1.05. The van der Waals surface area contributed by atoms with E-state index in [1.165, 1.54) is 12.1 Å². The Balaban J connectivity index is 1.60. The van der Waals surface area contributed by atoms with E-state index in [0.29, 0.717) is 16.6 Å². The third-order valence-electron chi connectivity index (χ3n) is 5.58. The number of aromatic carboxylic acids is 1. The standard InChI is InChI=1S/C21H20BFN5O9PS/c1-9-27-28-21(39-9)26-20(32)25-16(10-5-6-14(13(23)7-10)38(34,35)36)18(29)24-15-8-11-3-2-4-12(19(30)31)17(11)37-22(15)33/h2-7,15-16,33H,8H2,1H3,(H,24,29)(H,30,31)(H2,34,35,36)(H2,25,26,28,32)/t15-,16+/m0/s1. The Labute approximate surface area is 223 Å². The van der Waals surface area contributed by atoms with E-state index in [2.05, 4.69) is 26.1 Å². The Kier molecular flexibility index (Phi) is 7.99. The van der Waals surface area contributed by atoms with Crippen LogP contribution in [0.4, 0.5) is 14.3 Å². The van der Waals surface area contributed by atoms with Crippen LogP contribution in [-0.4, -0.2) is 61.1 Å². The van der Waals surface area contributed by atoms with Crippen LogP contribution in [-0.2, 0) is 15.8 Å². The average Bonchev–Trinajstić information content (AvgIpc) is 3.25. The molecule has 1 aromatic heterocycles. The number of rotatable bonds is 7. The van der Waals surface area contributed by atoms with Crippen LogP contribution in [0.1, 0.15) is 32.5 Å². The lowest BCUT2D eigenvalue weighted by atomic mass is 9.72. The SMILES string of the molecule is Cc1nnc(NC(=O)N[C@@H](C(=O)N[C@H]2Cc3cccc(C(=O)O)c3OB2O)c2ccc(P(=O)(O)O)c(F)c2)s1. The van der Waals surface area contributed by atoms with Crippen LogP contribution in [0.3, 0.4) is 0 Å². The molecule has 1 aliphatic heterocycles. The summed E-state index contributed by atoms with van der Waals surface area (Å²) in [6.45, 7) is 1.65. The minimum atomic E-state index is -4.96. The molecule has 4 rings (SSSR count). The van der Waals surface area contributed by atoms with Gasteiger partial charge in [-0.15, -0.1) is 10.2 Å². The second-order valence-electron chi connectivity index (χ2n) is 8.34. The molecular weight excluding hydrogens is 559 g/mol. The van der Waals surface area contributed by atoms with Gasteiger partial charge < -0.3 is 35.2 Å². The van der Waals surface area contributed by atoms with E-state index >= 15 is 0 Å². The first-order valence-corrected chi connectivity index (χ1v) is 13.5. The van der Waals surface area contributed by atoms with E-state index in [9.17, 15) is 43.3 Å². The van der Waals surface area contributed by atoms with Gasteiger partial charge in [0.25, 0.3) is 0 Å². The van der Waals surface area contributed by atoms with Gasteiger partial charge >= 0.3 is 26.7 Å². The molecule has 0 saturated carbocycles. The normalized spacial score (nSPS) is 15.5. The number of para-hydroxylation sites is 1. The lowest BCUT2D eigenvalue weighted by molar-refractivity contribution is -0.123. The predicted octanol–water partition coefficient (Wildman–Crippen LogP) is 0.489. The van der Waals surface area contributed by atoms with Gasteiger partial charge in [-0.05, 0) is 42.7 Å². The number of carboxylic acid groups (broad SMARTS) is 1. The van der Waals surface area contributed by atoms with Crippen molar-refractivity contribution < 1.29 is 47.9 Å². The van der Waals surface area contributed by atoms with E-state index < -0.39 is 55.7 Å². The molecule has 2 atom stereocenters. The maximum atomic E-state index is 14.6. The van der Waals surface area contributed by atoms with Crippen molar-refractivity contribution in [1.82, 2.24) is 20.8 Å². The molecule has 39 heavy (non-hydrogen) atoms. The predicted molar refractivity (Wildman–Crippen MR) is 135 cm³/mol. The molecule has 0 fully saturated rings. The molecule has 0 aliphatic carbocycles. The van der Waals surface area contributed by atoms with Gasteiger partial charge in [0.05, 0.1) is 16.8 Å². The number of nitrogens with zero attached hydrogens (tertiary/aromatic N) is 2. The lowest BCUT2D eigenvalue weighted by Crippen LogP contribution is -2.55. The zero-order valence-corrected chi connectivity index (χ0v) is 21.6. The van der Waals surface area contributed by atoms with Crippen LogP contribution in [0.15, 0.2) is 36.4 Å². The number of hydrogen-bond acceptors (Lipinski definition) is 9. The van der Waals surface area contributed by atoms with Gasteiger partial charge in [-0.25, -0.2) is 14.0 Å². The Morgan fingerprint density at radius 3 is 2.59 bits per heavy atom. The molecule has 3 amide bonds. The summed E-state index contributed by atoms with van der Waals surface area (Å²) in [6.07, 6.45) is -0.0438. The van der Waals surface area contributed by atoms with Crippen LogP contribution in [0, 0.1) is 12.7 Å². The summed E-state index contributed by atoms with van der Waals surface area (Å²) in [7, 11) is -6.63. The number of amides is 3. The fourth-order valence-corrected chi connectivity index (χ4v) is 5.03. The highest BCUT2D eigenvalue weighted by atomic mass is 32.1. The summed E-state index contributed by atoms with van der Waals surface area (Å²) < 4.78 is 31.4. The molecule has 7 N–H and O–H groups in total. The highest BCUT2D eigenvalue weighted by molar-refractivity contribution is 7.60. The van der Waals surface area contributed by atoms with Crippen LogP contribution in [0.2, 0.25) is 0 Å². The molecule has 1 aliphatic rings. The zero-order valence-electron chi connectivity index (χ0n) is 19.9. The summed E-state index contributed by atoms with van der Waals surface area (Å²) in [6, 6.07) is 4.31. The minimum Gasteiger partial charge on any atom is -0.534 e. The summed E-state index contributed by atoms with van der Waals surface area (Å²) in [4.78, 5) is 56.1. The number of halogens is 1. The number of anilines is 1. The van der Waals surface area contributed by atoms with Crippen LogP contribution in [0.5, 0.6) is 5.75 Å². The molecular formula is C21H20BFN5O9PS. The summed E-state index contributed by atoms with van der Waals surface area (Å²) in [5, 5.41) is 34.3. The average molecular weight is 579 g/mol. The van der Waals surface area contributed by atoms with Crippen molar-refractivity contribution in [2.75, 3.05) is 5.32 Å². The molecule has 0 bridgehead atoms. The number of aromatic nitrogens is 2. The van der Waals surface area contributed by atoms with Crippen molar-refractivity contribution in [3.63, 3.8) is 0 Å². The molecule has 0 spiro atoms. The topological polar surface area (TPSA) is 220 Å². The number of carbonyl (C=O) groups is 3. The van der Waals surface area contributed by atoms with Gasteiger partial charge in [0, 0.05) is 0 Å². The fraction of sp³-hybridized carbons (Fsp3) is 0.190. The fourth-order valence-electron chi connectivity index (χ4n) is 3.83. The molecule has 18 heteroatoms. The first-order chi connectivity index (χ1) is 18.3. The number of nitrogens with one attached hydrogen (secondary N) is 3. The van der Waals surface area contributed by atoms with E-state index in [0.717, 1.165) is 23.5 Å². The second kappa shape index (κ2) is 11.1. The molecule has 0 saturated heterocycles. The highest BCUT2D eigenvalue weighted by Gasteiger charge is 2.39. The molecule has 2 heterocycles. The van der Waals surface area contributed by atoms with E-state index in [1.807, 2.05) is 0 Å². The van der Waals surface area contributed by atoms with Crippen LogP contribution >= 0.6 is 18.9 Å². The van der Waals surface area contributed by atoms with Crippen LogP contribution in [0.25, 0.3) is 0 Å². The lowest BCUT2D eigenvalue weighted by Gasteiger charge is -2.30. The number of benzene rings is 2. The number of fused-ring (bicyclic) bond motifs is 1. The van der Waals surface area contributed by atoms with Gasteiger partial charge in [0.2, 0.25) is 11.0 Å². The van der Waals surface area contributed by atoms with Gasteiger partial charge in [-0.3, -0.25) is 14.7 Å². The monoisotopic (exact) mass is 579 g/mol. The third kappa shape index (κ3) is 6.41. The molecule has 3 aromatic rings. The molecule has 0 radical (unpaired) electrons. The Morgan fingerprint density at radius 2 is 1.97 bits per heavy atom. The molecule has 204 valence electrons. The number of urea groups is 1. The van der Waals surface area contributed by atoms with Gasteiger partial charge in [-0.1, -0.05) is 29.5 Å². The van der Waals surface area contributed by atoms with Crippen molar-refractivity contribution in [2.24, 2.45) is 0 Å². The number of carbonyl (C=O) groups excluding carboxylic acids is 2. The Bertz CT molecular complexity index is 1500. The first kappa shape index (κ1) is 28.1. The highest BCUT2D eigenvalue weighted by Crippen LogP contribution is 2.35. The van der Waals surface area contributed by atoms with Crippen molar-refractivity contribution in [1.29, 1.82) is 0 Å². The maximum absolute atomic E-state index is 14.6. The summed E-state index contributed by atoms with van der Waals surface area (Å²) in [5.74, 6) is -4.68. The maximum Gasteiger partial charge on any atom is 0.547 e. The number of aryl methyl sites for hydroxylation is 1. The molecule has 2 aromatic carbocycles. The van der Waals surface area contributed by atoms with Gasteiger partial charge in [0.1, 0.15) is 22.6 Å². The van der Waals surface area contributed by atoms with Crippen LogP contribution < -0.4 is 25.9 Å². The Hall–Kier alpha value is -3.89. The largest absolute Gasteiger partial charge is 0.547 e. The van der Waals surface area contributed by atoms with Gasteiger partial charge in [-0.2, -0.15) is 0 Å². The third-order valence-corrected chi connectivity index (χ3v) is 7.32. The Morgan fingerprint density at radius 1 is 1.23 bits per heavy atom. The minimum absolute atomic E-state index is 0.0438. The molecule has 14 nitrogen and oxygen atoms in total. The van der Waals surface area contributed by atoms with Gasteiger partial charge in [0.15, 0.2) is 0 Å². The van der Waals surface area contributed by atoms with Crippen molar-refractivity contribution in [2.45, 2.75) is 25.3 Å². The van der Waals surface area contributed by atoms with Crippen molar-refractivity contribution in [3.8, 4) is 5.75 Å². The summed E-state index contributed by atoms with van der Waals surface area (Å²) in [5.41, 5.74) is 0.0297. The zero-order chi connectivity index (χ0) is 28.5. The first-order valence-electron chi connectivity index (χ1n) is 11.1. The van der Waals surface area contributed by atoms with E-state index in [1.54, 1.807) is 13.0 Å². The smallest absolute Gasteiger partial charge is 0.534 e. The van der Waals surface area contributed by atoms with E-state index in [-0.39, 0.29) is 28.4 Å². The number of hydrogen-bond donors (Lipinski definition) is 7. The second-order valence-corrected chi connectivity index (χ2v) is 11.1. The van der Waals surface area contributed by atoms with Crippen molar-refractivity contribution >= 4 is 54.4 Å². The van der Waals surface area contributed by atoms with Crippen molar-refractivity contribution in [3.05, 3.63) is 63.9 Å². The number of carboxylic acids is 1. The van der Waals surface area contributed by atoms with E-state index in [4.69, 9.17) is 4.65 Å². The molecule has 0 unspecified atom stereocenters. The quantitative estimate of drug-likeness (QED) is 0.151.